The summed E-state index contributed by atoms with van der Waals surface area (Å²) in [5.74, 6) is -3.55. The number of rotatable bonds is 5. The fourth-order valence-electron chi connectivity index (χ4n) is 5.47. The Labute approximate surface area is 193 Å². The Balaban J connectivity index is 1.96. The van der Waals surface area contributed by atoms with Crippen molar-refractivity contribution in [1.29, 1.82) is 0 Å². The highest BCUT2D eigenvalue weighted by molar-refractivity contribution is 5.91. The van der Waals surface area contributed by atoms with E-state index in [9.17, 15) is 24.3 Å². The van der Waals surface area contributed by atoms with Gasteiger partial charge in [0.25, 0.3) is 0 Å². The third kappa shape index (κ3) is 4.30. The third-order valence-corrected chi connectivity index (χ3v) is 7.34. The summed E-state index contributed by atoms with van der Waals surface area (Å²) in [7, 11) is 0. The highest BCUT2D eigenvalue weighted by Crippen LogP contribution is 2.57. The van der Waals surface area contributed by atoms with Crippen LogP contribution in [-0.4, -0.2) is 59.0 Å². The molecule has 3 rings (SSSR count). The molecule has 1 N–H and O–H groups in total. The van der Waals surface area contributed by atoms with Gasteiger partial charge in [0.05, 0.1) is 5.92 Å². The zero-order chi connectivity index (χ0) is 24.9. The molecule has 33 heavy (non-hydrogen) atoms. The Morgan fingerprint density at radius 3 is 2.48 bits per heavy atom. The van der Waals surface area contributed by atoms with Gasteiger partial charge in [0.1, 0.15) is 24.4 Å². The second kappa shape index (κ2) is 8.59. The summed E-state index contributed by atoms with van der Waals surface area (Å²) in [6.45, 7) is 12.8. The molecular weight excluding hydrogens is 432 g/mol. The third-order valence-electron chi connectivity index (χ3n) is 7.34. The molecule has 0 unspecified atom stereocenters. The van der Waals surface area contributed by atoms with Gasteiger partial charge >= 0.3 is 23.9 Å². The molecule has 0 aromatic rings. The number of carbonyl (C=O) groups excluding carboxylic acids is 4. The molecule has 2 aliphatic carbocycles. The maximum absolute atomic E-state index is 13.0. The lowest BCUT2D eigenvalue weighted by Gasteiger charge is -2.54. The lowest BCUT2D eigenvalue weighted by atomic mass is 9.54. The van der Waals surface area contributed by atoms with Gasteiger partial charge in [-0.05, 0) is 27.2 Å². The van der Waals surface area contributed by atoms with Crippen molar-refractivity contribution in [1.82, 2.24) is 0 Å². The maximum atomic E-state index is 13.0. The van der Waals surface area contributed by atoms with Crippen molar-refractivity contribution in [2.24, 2.45) is 17.3 Å². The topological polar surface area (TPSA) is 125 Å². The van der Waals surface area contributed by atoms with Crippen LogP contribution >= 0.6 is 0 Å². The lowest BCUT2D eigenvalue weighted by Crippen LogP contribution is -2.59. The van der Waals surface area contributed by atoms with Crippen molar-refractivity contribution < 1.29 is 43.2 Å². The van der Waals surface area contributed by atoms with Crippen LogP contribution in [0.5, 0.6) is 0 Å². The minimum atomic E-state index is -2.12. The van der Waals surface area contributed by atoms with E-state index in [1.54, 1.807) is 0 Å². The van der Waals surface area contributed by atoms with E-state index >= 15 is 0 Å². The van der Waals surface area contributed by atoms with Crippen LogP contribution < -0.4 is 0 Å². The Morgan fingerprint density at radius 1 is 1.27 bits per heavy atom. The number of esters is 4. The van der Waals surface area contributed by atoms with Gasteiger partial charge in [-0.2, -0.15) is 0 Å². The molecule has 0 aromatic heterocycles. The number of carbonyl (C=O) groups is 4. The van der Waals surface area contributed by atoms with Crippen molar-refractivity contribution in [3.63, 3.8) is 0 Å². The zero-order valence-corrected chi connectivity index (χ0v) is 19.9. The standard InChI is InChI=1S/C24H32O9/c1-11-8-9-17(31-15(5)26)23(6)10-16(18-12(2)21(27)33-20(18)19(11)23)32-22(28)24(7,29)13(3)30-14(4)25/h8,13,16-20,29H,2,9-10H2,1,3-7H3/t13-,16-,17+,18+,19+,20-,23-,24+/m0/s1. The van der Waals surface area contributed by atoms with Gasteiger partial charge in [-0.15, -0.1) is 0 Å². The molecule has 0 spiro atoms. The highest BCUT2D eigenvalue weighted by Gasteiger charge is 2.63. The number of ether oxygens (including phenoxy) is 4. The quantitative estimate of drug-likeness (QED) is 0.281. The highest BCUT2D eigenvalue weighted by atomic mass is 16.6. The van der Waals surface area contributed by atoms with Crippen LogP contribution in [0.15, 0.2) is 23.8 Å². The zero-order valence-electron chi connectivity index (χ0n) is 19.9. The number of hydrogen-bond acceptors (Lipinski definition) is 9. The average molecular weight is 465 g/mol. The van der Waals surface area contributed by atoms with Gasteiger partial charge < -0.3 is 24.1 Å². The van der Waals surface area contributed by atoms with Crippen molar-refractivity contribution in [2.75, 3.05) is 0 Å². The van der Waals surface area contributed by atoms with Crippen molar-refractivity contribution in [3.05, 3.63) is 23.8 Å². The van der Waals surface area contributed by atoms with E-state index in [0.717, 1.165) is 5.57 Å². The van der Waals surface area contributed by atoms with Crippen LogP contribution in [0.2, 0.25) is 0 Å². The van der Waals surface area contributed by atoms with Crippen LogP contribution in [-0.2, 0) is 38.1 Å². The Bertz CT molecular complexity index is 917. The van der Waals surface area contributed by atoms with Gasteiger partial charge in [-0.25, -0.2) is 9.59 Å². The molecule has 0 radical (unpaired) electrons. The first-order valence-electron chi connectivity index (χ1n) is 11.0. The molecule has 182 valence electrons. The molecule has 2 fully saturated rings. The van der Waals surface area contributed by atoms with E-state index < -0.39 is 65.2 Å². The molecule has 0 aromatic carbocycles. The Hall–Kier alpha value is -2.68. The maximum Gasteiger partial charge on any atom is 0.342 e. The number of fused-ring (bicyclic) bond motifs is 3. The second-order valence-electron chi connectivity index (χ2n) is 9.73. The van der Waals surface area contributed by atoms with Crippen molar-refractivity contribution in [3.8, 4) is 0 Å². The monoisotopic (exact) mass is 464 g/mol. The van der Waals surface area contributed by atoms with E-state index in [-0.39, 0.29) is 17.9 Å². The molecule has 3 aliphatic rings. The SMILES string of the molecule is C=C1C(=O)O[C@H]2[C@H]1[C@@H](OC(=O)[C@](C)(O)[C@H](C)OC(C)=O)C[C@]1(C)[C@@H]2C(C)=CC[C@H]1OC(C)=O. The van der Waals surface area contributed by atoms with E-state index in [0.29, 0.717) is 6.42 Å². The number of hydrogen-bond donors (Lipinski definition) is 1. The summed E-state index contributed by atoms with van der Waals surface area (Å²) in [5, 5.41) is 10.7. The summed E-state index contributed by atoms with van der Waals surface area (Å²) >= 11 is 0. The first-order chi connectivity index (χ1) is 15.2. The van der Waals surface area contributed by atoms with Gasteiger partial charge in [-0.3, -0.25) is 9.59 Å². The molecule has 1 saturated carbocycles. The van der Waals surface area contributed by atoms with Crippen LogP contribution in [0.4, 0.5) is 0 Å². The van der Waals surface area contributed by atoms with Crippen LogP contribution in [0.3, 0.4) is 0 Å². The molecule has 0 bridgehead atoms. The lowest BCUT2D eigenvalue weighted by molar-refractivity contribution is -0.203. The first-order valence-corrected chi connectivity index (χ1v) is 11.0. The molecule has 1 aliphatic heterocycles. The summed E-state index contributed by atoms with van der Waals surface area (Å²) in [5.41, 5.74) is -1.63. The van der Waals surface area contributed by atoms with Gasteiger partial charge in [0.2, 0.25) is 0 Å². The average Bonchev–Trinajstić information content (AvgIpc) is 2.97. The first kappa shape index (κ1) is 25.0. The van der Waals surface area contributed by atoms with E-state index in [2.05, 4.69) is 6.58 Å². The Kier molecular flexibility index (Phi) is 6.50. The summed E-state index contributed by atoms with van der Waals surface area (Å²) in [4.78, 5) is 48.6. The van der Waals surface area contributed by atoms with Crippen LogP contribution in [0.25, 0.3) is 0 Å². The van der Waals surface area contributed by atoms with Gasteiger partial charge in [-0.1, -0.05) is 25.2 Å². The molecule has 9 nitrogen and oxygen atoms in total. The summed E-state index contributed by atoms with van der Waals surface area (Å²) in [6.07, 6.45) is -0.505. The fraction of sp³-hybridized carbons (Fsp3) is 0.667. The molecule has 8 atom stereocenters. The predicted octanol–water partition coefficient (Wildman–Crippen LogP) is 2.01. The minimum Gasteiger partial charge on any atom is -0.462 e. The summed E-state index contributed by atoms with van der Waals surface area (Å²) < 4.78 is 22.1. The minimum absolute atomic E-state index is 0.190. The predicted molar refractivity (Wildman–Crippen MR) is 114 cm³/mol. The van der Waals surface area contributed by atoms with E-state index in [1.165, 1.54) is 27.7 Å². The molecule has 9 heteroatoms. The largest absolute Gasteiger partial charge is 0.462 e. The van der Waals surface area contributed by atoms with E-state index in [1.807, 2.05) is 19.9 Å². The van der Waals surface area contributed by atoms with Gasteiger partial charge in [0.15, 0.2) is 5.60 Å². The Morgan fingerprint density at radius 2 is 1.91 bits per heavy atom. The van der Waals surface area contributed by atoms with Gasteiger partial charge in [0, 0.05) is 37.2 Å². The van der Waals surface area contributed by atoms with E-state index in [4.69, 9.17) is 18.9 Å². The van der Waals surface area contributed by atoms with Crippen molar-refractivity contribution in [2.45, 2.75) is 84.4 Å². The molecule has 0 amide bonds. The molecule has 1 heterocycles. The molecule has 1 saturated heterocycles. The fourth-order valence-corrected chi connectivity index (χ4v) is 5.47. The van der Waals surface area contributed by atoms with Crippen LogP contribution in [0.1, 0.15) is 54.4 Å². The van der Waals surface area contributed by atoms with Crippen molar-refractivity contribution >= 4 is 23.9 Å². The van der Waals surface area contributed by atoms with Crippen LogP contribution in [0, 0.1) is 17.3 Å². The second-order valence-corrected chi connectivity index (χ2v) is 9.73. The normalized spacial score (nSPS) is 35.7. The smallest absolute Gasteiger partial charge is 0.342 e. The number of aliphatic hydroxyl groups is 1. The molecular formula is C24H32O9. The summed E-state index contributed by atoms with van der Waals surface area (Å²) in [6, 6.07) is 0.